The molecule has 0 aromatic carbocycles. The van der Waals surface area contributed by atoms with E-state index in [1.165, 1.54) is 0 Å². The van der Waals surface area contributed by atoms with Gasteiger partial charge in [-0.1, -0.05) is 41.5 Å². The van der Waals surface area contributed by atoms with Crippen LogP contribution in [0.3, 0.4) is 0 Å². The van der Waals surface area contributed by atoms with Gasteiger partial charge in [-0.3, -0.25) is 9.59 Å². The molecule has 0 aliphatic rings. The van der Waals surface area contributed by atoms with Gasteiger partial charge in [0, 0.05) is 51.7 Å². The number of rotatable bonds is 2. The van der Waals surface area contributed by atoms with Crippen molar-refractivity contribution in [2.24, 2.45) is 10.8 Å². The summed E-state index contributed by atoms with van der Waals surface area (Å²) in [5.74, 6) is 0.0415. The first-order valence-corrected chi connectivity index (χ1v) is 4.62. The zero-order chi connectivity index (χ0) is 10.9. The van der Waals surface area contributed by atoms with Crippen LogP contribution >= 0.6 is 0 Å². The molecule has 0 aliphatic carbocycles. The minimum Gasteiger partial charge on any atom is -0.299 e. The summed E-state index contributed by atoms with van der Waals surface area (Å²) in [6, 6.07) is 0. The molecule has 0 heterocycles. The quantitative estimate of drug-likeness (QED) is 0.730. The number of carbonyl (C=O) groups excluding carboxylic acids is 2. The van der Waals surface area contributed by atoms with Gasteiger partial charge in [-0.15, -0.1) is 0 Å². The van der Waals surface area contributed by atoms with E-state index in [0.717, 1.165) is 0 Å². The first-order chi connectivity index (χ1) is 5.55. The Morgan fingerprint density at radius 2 is 1.00 bits per heavy atom. The molecule has 80 valence electrons. The Hall–Kier alpha value is 0.691. The molecule has 0 atom stereocenters. The zero-order valence-corrected chi connectivity index (χ0v) is 13.2. The van der Waals surface area contributed by atoms with Gasteiger partial charge in [0.25, 0.3) is 0 Å². The third-order valence-corrected chi connectivity index (χ3v) is 1.99. The average molecular weight is 329 g/mol. The molecule has 0 spiro atoms. The summed E-state index contributed by atoms with van der Waals surface area (Å²) in [6.45, 7) is 11.0. The van der Waals surface area contributed by atoms with Gasteiger partial charge < -0.3 is 0 Å². The Morgan fingerprint density at radius 3 is 1.14 bits per heavy atom. The summed E-state index contributed by atoms with van der Waals surface area (Å²) < 4.78 is 0. The first kappa shape index (κ1) is 17.1. The number of ketones is 2. The van der Waals surface area contributed by atoms with Gasteiger partial charge in [-0.2, -0.15) is 0 Å². The summed E-state index contributed by atoms with van der Waals surface area (Å²) in [7, 11) is 0. The minimum atomic E-state index is -0.402. The van der Waals surface area contributed by atoms with Gasteiger partial charge in [0.2, 0.25) is 0 Å². The molecule has 0 N–H and O–H groups in total. The van der Waals surface area contributed by atoms with E-state index in [9.17, 15) is 9.59 Å². The topological polar surface area (TPSA) is 34.1 Å². The molecule has 0 unspecified atom stereocenters. The van der Waals surface area contributed by atoms with E-state index in [1.807, 2.05) is 41.5 Å². The molecule has 14 heavy (non-hydrogen) atoms. The second kappa shape index (κ2) is 5.69. The molecule has 0 amide bonds. The van der Waals surface area contributed by atoms with Crippen molar-refractivity contribution in [1.29, 1.82) is 0 Å². The Labute approximate surface area is 120 Å². The van der Waals surface area contributed by atoms with Crippen molar-refractivity contribution in [3.8, 4) is 0 Å². The van der Waals surface area contributed by atoms with Crippen LogP contribution < -0.4 is 0 Å². The predicted octanol–water partition coefficient (Wildman–Crippen LogP) is 2.61. The Balaban J connectivity index is 0. The van der Waals surface area contributed by atoms with Crippen LogP contribution in [0.5, 0.6) is 0 Å². The molecule has 2 nitrogen and oxygen atoms in total. The van der Waals surface area contributed by atoms with E-state index in [4.69, 9.17) is 0 Å². The summed E-state index contributed by atoms with van der Waals surface area (Å²) >= 11 is 0. The van der Waals surface area contributed by atoms with Crippen molar-refractivity contribution in [1.82, 2.24) is 0 Å². The van der Waals surface area contributed by atoms with E-state index in [0.29, 0.717) is 0 Å². The molecule has 0 bridgehead atoms. The second-order valence-electron chi connectivity index (χ2n) is 5.52. The van der Waals surface area contributed by atoms with Crippen LogP contribution in [0.4, 0.5) is 0 Å². The monoisotopic (exact) mass is 326 g/mol. The zero-order valence-electron chi connectivity index (χ0n) is 10.0. The molecule has 0 aliphatic heterocycles. The largest absolute Gasteiger partial charge is 0.299 e. The Bertz CT molecular complexity index is 194. The van der Waals surface area contributed by atoms with Crippen molar-refractivity contribution in [2.75, 3.05) is 0 Å². The van der Waals surface area contributed by atoms with Crippen LogP contribution in [0.2, 0.25) is 0 Å². The SMILES string of the molecule is CC(C)(C)C(=O)CC(=O)C(C)(C)C.[Nd]. The first-order valence-electron chi connectivity index (χ1n) is 4.62. The Morgan fingerprint density at radius 1 is 0.786 bits per heavy atom. The summed E-state index contributed by atoms with van der Waals surface area (Å²) in [4.78, 5) is 23.0. The molecule has 0 saturated carbocycles. The fraction of sp³-hybridized carbons (Fsp3) is 0.818. The third-order valence-electron chi connectivity index (χ3n) is 1.99. The van der Waals surface area contributed by atoms with E-state index < -0.39 is 10.8 Å². The van der Waals surface area contributed by atoms with Crippen LogP contribution in [0.15, 0.2) is 0 Å². The summed E-state index contributed by atoms with van der Waals surface area (Å²) in [5.41, 5.74) is -0.804. The average Bonchev–Trinajstić information content (AvgIpc) is 1.82. The van der Waals surface area contributed by atoms with Crippen LogP contribution in [0, 0.1) is 51.7 Å². The van der Waals surface area contributed by atoms with Gasteiger partial charge in [0.1, 0.15) is 11.6 Å². The van der Waals surface area contributed by atoms with Crippen LogP contribution in [0.1, 0.15) is 48.0 Å². The molecule has 0 aromatic rings. The standard InChI is InChI=1S/C11H20O2.Nd/c1-10(2,3)8(12)7-9(13)11(4,5)6;/h7H2,1-6H3;. The fourth-order valence-corrected chi connectivity index (χ4v) is 0.676. The number of Topliss-reactive ketones (excluding diaryl/α,β-unsaturated/α-hetero) is 2. The number of carbonyl (C=O) groups is 2. The van der Waals surface area contributed by atoms with Gasteiger partial charge in [0.05, 0.1) is 6.42 Å². The van der Waals surface area contributed by atoms with Crippen molar-refractivity contribution in [3.63, 3.8) is 0 Å². The predicted molar refractivity (Wildman–Crippen MR) is 53.5 cm³/mol. The van der Waals surface area contributed by atoms with Crippen molar-refractivity contribution < 1.29 is 50.4 Å². The minimum absolute atomic E-state index is 0. The van der Waals surface area contributed by atoms with E-state index in [-0.39, 0.29) is 58.8 Å². The van der Waals surface area contributed by atoms with Crippen LogP contribution in [0.25, 0.3) is 0 Å². The Kier molecular flexibility index (Phi) is 6.94. The maximum atomic E-state index is 11.5. The summed E-state index contributed by atoms with van der Waals surface area (Å²) in [6.07, 6.45) is 0.0625. The smallest absolute Gasteiger partial charge is 0.145 e. The van der Waals surface area contributed by atoms with Crippen LogP contribution in [-0.2, 0) is 9.59 Å². The van der Waals surface area contributed by atoms with E-state index >= 15 is 0 Å². The second-order valence-corrected chi connectivity index (χ2v) is 5.52. The van der Waals surface area contributed by atoms with Crippen molar-refractivity contribution in [2.45, 2.75) is 48.0 Å². The van der Waals surface area contributed by atoms with Crippen LogP contribution in [-0.4, -0.2) is 11.6 Å². The van der Waals surface area contributed by atoms with Gasteiger partial charge in [0.15, 0.2) is 0 Å². The molecule has 0 aromatic heterocycles. The van der Waals surface area contributed by atoms with Crippen molar-refractivity contribution in [3.05, 3.63) is 0 Å². The van der Waals surface area contributed by atoms with E-state index in [1.54, 1.807) is 0 Å². The molecule has 3 heteroatoms. The molecule has 0 radical (unpaired) electrons. The maximum absolute atomic E-state index is 11.5. The van der Waals surface area contributed by atoms with Gasteiger partial charge >= 0.3 is 0 Å². The van der Waals surface area contributed by atoms with Crippen molar-refractivity contribution >= 4 is 11.6 Å². The fourth-order valence-electron chi connectivity index (χ4n) is 0.676. The number of hydrogen-bond donors (Lipinski definition) is 0. The molecular weight excluding hydrogens is 308 g/mol. The number of hydrogen-bond acceptors (Lipinski definition) is 2. The molecule has 0 saturated heterocycles. The van der Waals surface area contributed by atoms with E-state index in [2.05, 4.69) is 0 Å². The summed E-state index contributed by atoms with van der Waals surface area (Å²) in [5, 5.41) is 0. The normalized spacial score (nSPS) is 11.9. The molecule has 0 rings (SSSR count). The van der Waals surface area contributed by atoms with Gasteiger partial charge in [-0.05, 0) is 0 Å². The van der Waals surface area contributed by atoms with Gasteiger partial charge in [-0.25, -0.2) is 0 Å². The molecular formula is C11H20NdO2. The molecule has 0 fully saturated rings. The third kappa shape index (κ3) is 6.23. The maximum Gasteiger partial charge on any atom is 0.145 e.